The standard InChI is InChI=1S/C14H14BrN5O/c1-3-17-13-12(15)14(19-8-18-13)20-10-5-4-9(7-16)6-11(10)21-2/h4-6,8H,3H2,1-2H3,(H2,17,18,19,20). The summed E-state index contributed by atoms with van der Waals surface area (Å²) in [6.07, 6.45) is 1.47. The average Bonchev–Trinajstić information content (AvgIpc) is 2.51. The minimum atomic E-state index is 0.535. The van der Waals surface area contributed by atoms with Crippen molar-refractivity contribution < 1.29 is 4.74 Å². The van der Waals surface area contributed by atoms with Crippen LogP contribution in [-0.2, 0) is 0 Å². The Morgan fingerprint density at radius 3 is 2.76 bits per heavy atom. The molecular weight excluding hydrogens is 334 g/mol. The van der Waals surface area contributed by atoms with E-state index in [4.69, 9.17) is 10.00 Å². The molecule has 0 bridgehead atoms. The summed E-state index contributed by atoms with van der Waals surface area (Å²) in [6, 6.07) is 7.24. The Morgan fingerprint density at radius 1 is 1.33 bits per heavy atom. The highest BCUT2D eigenvalue weighted by Gasteiger charge is 2.11. The van der Waals surface area contributed by atoms with Gasteiger partial charge in [-0.15, -0.1) is 0 Å². The van der Waals surface area contributed by atoms with Crippen molar-refractivity contribution >= 4 is 33.3 Å². The summed E-state index contributed by atoms with van der Waals surface area (Å²) < 4.78 is 6.02. The maximum atomic E-state index is 8.92. The molecule has 0 atom stereocenters. The van der Waals surface area contributed by atoms with Crippen LogP contribution in [0.25, 0.3) is 0 Å². The van der Waals surface area contributed by atoms with Crippen molar-refractivity contribution in [3.8, 4) is 11.8 Å². The van der Waals surface area contributed by atoms with Gasteiger partial charge >= 0.3 is 0 Å². The summed E-state index contributed by atoms with van der Waals surface area (Å²) in [5.41, 5.74) is 1.26. The van der Waals surface area contributed by atoms with Crippen molar-refractivity contribution in [2.24, 2.45) is 0 Å². The van der Waals surface area contributed by atoms with Crippen LogP contribution in [0.5, 0.6) is 5.75 Å². The minimum Gasteiger partial charge on any atom is -0.495 e. The lowest BCUT2D eigenvalue weighted by Crippen LogP contribution is -2.04. The van der Waals surface area contributed by atoms with E-state index in [9.17, 15) is 0 Å². The highest BCUT2D eigenvalue weighted by atomic mass is 79.9. The maximum absolute atomic E-state index is 8.92. The first kappa shape index (κ1) is 15.1. The van der Waals surface area contributed by atoms with Crippen molar-refractivity contribution in [1.82, 2.24) is 9.97 Å². The first-order valence-electron chi connectivity index (χ1n) is 6.29. The number of nitrogens with one attached hydrogen (secondary N) is 2. The number of halogens is 1. The molecule has 2 N–H and O–H groups in total. The number of ether oxygens (including phenoxy) is 1. The molecule has 0 amide bonds. The molecule has 0 aliphatic rings. The number of rotatable bonds is 5. The van der Waals surface area contributed by atoms with Gasteiger partial charge in [0.05, 0.1) is 24.4 Å². The van der Waals surface area contributed by atoms with Crippen LogP contribution < -0.4 is 15.4 Å². The topological polar surface area (TPSA) is 82.9 Å². The Bertz CT molecular complexity index is 684. The second kappa shape index (κ2) is 6.90. The Labute approximate surface area is 131 Å². The first-order valence-corrected chi connectivity index (χ1v) is 7.08. The van der Waals surface area contributed by atoms with Crippen molar-refractivity contribution in [1.29, 1.82) is 5.26 Å². The lowest BCUT2D eigenvalue weighted by atomic mass is 10.2. The highest BCUT2D eigenvalue weighted by Crippen LogP contribution is 2.33. The zero-order chi connectivity index (χ0) is 15.2. The molecule has 0 radical (unpaired) electrons. The SMILES string of the molecule is CCNc1ncnc(Nc2ccc(C#N)cc2OC)c1Br. The normalized spacial score (nSPS) is 9.81. The summed E-state index contributed by atoms with van der Waals surface area (Å²) in [5.74, 6) is 1.90. The third-order valence-electron chi connectivity index (χ3n) is 2.72. The van der Waals surface area contributed by atoms with E-state index in [-0.39, 0.29) is 0 Å². The van der Waals surface area contributed by atoms with Crippen molar-refractivity contribution in [2.45, 2.75) is 6.92 Å². The smallest absolute Gasteiger partial charge is 0.150 e. The van der Waals surface area contributed by atoms with Gasteiger partial charge < -0.3 is 15.4 Å². The zero-order valence-electron chi connectivity index (χ0n) is 11.6. The molecule has 1 aromatic carbocycles. The summed E-state index contributed by atoms with van der Waals surface area (Å²) in [4.78, 5) is 8.36. The number of nitrogens with zero attached hydrogens (tertiary/aromatic N) is 3. The van der Waals surface area contributed by atoms with Gasteiger partial charge in [0, 0.05) is 12.6 Å². The number of benzene rings is 1. The van der Waals surface area contributed by atoms with Crippen LogP contribution in [0.3, 0.4) is 0 Å². The van der Waals surface area contributed by atoms with E-state index in [2.05, 4.69) is 42.6 Å². The summed E-state index contributed by atoms with van der Waals surface area (Å²) in [6.45, 7) is 2.75. The Morgan fingerprint density at radius 2 is 2.10 bits per heavy atom. The quantitative estimate of drug-likeness (QED) is 0.863. The third kappa shape index (κ3) is 3.41. The summed E-state index contributed by atoms with van der Waals surface area (Å²) >= 11 is 3.47. The van der Waals surface area contributed by atoms with Crippen molar-refractivity contribution in [3.05, 3.63) is 34.6 Å². The molecule has 0 saturated carbocycles. The molecule has 6 nitrogen and oxygen atoms in total. The predicted molar refractivity (Wildman–Crippen MR) is 84.9 cm³/mol. The monoisotopic (exact) mass is 347 g/mol. The van der Waals surface area contributed by atoms with Gasteiger partial charge in [-0.05, 0) is 35.0 Å². The molecule has 2 aromatic rings. The Balaban J connectivity index is 2.34. The molecule has 0 aliphatic heterocycles. The van der Waals surface area contributed by atoms with E-state index < -0.39 is 0 Å². The molecule has 108 valence electrons. The van der Waals surface area contributed by atoms with Gasteiger partial charge in [0.1, 0.15) is 28.2 Å². The molecule has 7 heteroatoms. The Kier molecular flexibility index (Phi) is 4.95. The maximum Gasteiger partial charge on any atom is 0.150 e. The molecule has 2 rings (SSSR count). The van der Waals surface area contributed by atoms with Crippen LogP contribution in [0, 0.1) is 11.3 Å². The van der Waals surface area contributed by atoms with Gasteiger partial charge in [0.25, 0.3) is 0 Å². The van der Waals surface area contributed by atoms with Crippen molar-refractivity contribution in [2.75, 3.05) is 24.3 Å². The molecule has 0 unspecified atom stereocenters. The van der Waals surface area contributed by atoms with Gasteiger partial charge in [-0.3, -0.25) is 0 Å². The number of methoxy groups -OCH3 is 1. The van der Waals surface area contributed by atoms with E-state index >= 15 is 0 Å². The molecule has 0 aliphatic carbocycles. The van der Waals surface area contributed by atoms with E-state index in [1.165, 1.54) is 6.33 Å². The third-order valence-corrected chi connectivity index (χ3v) is 3.47. The van der Waals surface area contributed by atoms with Crippen LogP contribution in [0.15, 0.2) is 29.0 Å². The average molecular weight is 348 g/mol. The summed E-state index contributed by atoms with van der Waals surface area (Å²) in [5, 5.41) is 15.2. The van der Waals surface area contributed by atoms with Gasteiger partial charge in [0.15, 0.2) is 0 Å². The van der Waals surface area contributed by atoms with Crippen LogP contribution in [0.2, 0.25) is 0 Å². The largest absolute Gasteiger partial charge is 0.495 e. The number of hydrogen-bond acceptors (Lipinski definition) is 6. The van der Waals surface area contributed by atoms with Crippen LogP contribution in [0.1, 0.15) is 12.5 Å². The molecule has 0 saturated heterocycles. The molecule has 1 heterocycles. The Hall–Kier alpha value is -2.33. The van der Waals surface area contributed by atoms with Crippen molar-refractivity contribution in [3.63, 3.8) is 0 Å². The fourth-order valence-corrected chi connectivity index (χ4v) is 2.18. The van der Waals surface area contributed by atoms with Gasteiger partial charge in [-0.25, -0.2) is 9.97 Å². The van der Waals surface area contributed by atoms with Crippen LogP contribution >= 0.6 is 15.9 Å². The van der Waals surface area contributed by atoms with Gasteiger partial charge in [-0.2, -0.15) is 5.26 Å². The van der Waals surface area contributed by atoms with Gasteiger partial charge in [-0.1, -0.05) is 0 Å². The second-order valence-corrected chi connectivity index (χ2v) is 4.86. The van der Waals surface area contributed by atoms with Gasteiger partial charge in [0.2, 0.25) is 0 Å². The fraction of sp³-hybridized carbons (Fsp3) is 0.214. The first-order chi connectivity index (χ1) is 10.2. The zero-order valence-corrected chi connectivity index (χ0v) is 13.2. The van der Waals surface area contributed by atoms with Crippen LogP contribution in [-0.4, -0.2) is 23.6 Å². The predicted octanol–water partition coefficient (Wildman–Crippen LogP) is 3.29. The number of aromatic nitrogens is 2. The van der Waals surface area contributed by atoms with E-state index in [0.717, 1.165) is 16.7 Å². The lowest BCUT2D eigenvalue weighted by molar-refractivity contribution is 0.416. The molecule has 1 aromatic heterocycles. The fourth-order valence-electron chi connectivity index (χ4n) is 1.74. The summed E-state index contributed by atoms with van der Waals surface area (Å²) in [7, 11) is 1.56. The van der Waals surface area contributed by atoms with E-state index in [1.54, 1.807) is 25.3 Å². The number of anilines is 3. The number of hydrogen-bond donors (Lipinski definition) is 2. The highest BCUT2D eigenvalue weighted by molar-refractivity contribution is 9.10. The lowest BCUT2D eigenvalue weighted by Gasteiger charge is -2.13. The molecule has 0 spiro atoms. The number of nitriles is 1. The minimum absolute atomic E-state index is 0.535. The molecular formula is C14H14BrN5O. The second-order valence-electron chi connectivity index (χ2n) is 4.07. The van der Waals surface area contributed by atoms with Crippen LogP contribution in [0.4, 0.5) is 17.3 Å². The van der Waals surface area contributed by atoms with E-state index in [0.29, 0.717) is 22.9 Å². The molecule has 0 fully saturated rings. The van der Waals surface area contributed by atoms with E-state index in [1.807, 2.05) is 6.92 Å². The molecule has 21 heavy (non-hydrogen) atoms.